The smallest absolute Gasteiger partial charge is 0.332 e. The molecular weight excluding hydrogens is 234 g/mol. The Hall–Kier alpha value is -1.88. The van der Waals surface area contributed by atoms with Gasteiger partial charge in [-0.05, 0) is 18.1 Å². The maximum absolute atomic E-state index is 11.9. The van der Waals surface area contributed by atoms with Crippen molar-refractivity contribution >= 4 is 11.9 Å². The molecule has 0 saturated heterocycles. The van der Waals surface area contributed by atoms with Crippen LogP contribution in [0, 0.1) is 5.92 Å². The normalized spacial score (nSPS) is 14.0. The Labute approximate surface area is 105 Å². The van der Waals surface area contributed by atoms with Crippen LogP contribution < -0.4 is 5.32 Å². The Bertz CT molecular complexity index is 430. The number of hydrogen-bond donors (Lipinski definition) is 3. The predicted octanol–water partition coefficient (Wildman–Crippen LogP) is 0.888. The number of carbonyl (C=O) groups excluding carboxylic acids is 1. The standard InChI is InChI=1S/C13H17NO4/c1-9(2)13(8-15,12(17)18)14-11(16)10-6-4-3-5-7-10/h3-7,9,15H,8H2,1-2H3,(H,14,16)(H,17,18)/t13-/m1/s1. The van der Waals surface area contributed by atoms with E-state index in [1.165, 1.54) is 0 Å². The summed E-state index contributed by atoms with van der Waals surface area (Å²) in [6.07, 6.45) is 0. The highest BCUT2D eigenvalue weighted by Gasteiger charge is 2.42. The van der Waals surface area contributed by atoms with Crippen LogP contribution in [0.15, 0.2) is 30.3 Å². The third kappa shape index (κ3) is 2.68. The van der Waals surface area contributed by atoms with Crippen molar-refractivity contribution in [1.29, 1.82) is 0 Å². The molecule has 0 aromatic heterocycles. The number of amides is 1. The average Bonchev–Trinajstić information content (AvgIpc) is 2.36. The molecule has 0 radical (unpaired) electrons. The third-order valence-corrected chi connectivity index (χ3v) is 2.99. The van der Waals surface area contributed by atoms with Crippen LogP contribution >= 0.6 is 0 Å². The number of rotatable bonds is 5. The molecule has 0 bridgehead atoms. The summed E-state index contributed by atoms with van der Waals surface area (Å²) in [5, 5.41) is 20.9. The molecule has 1 atom stereocenters. The molecule has 5 heteroatoms. The van der Waals surface area contributed by atoms with E-state index in [4.69, 9.17) is 0 Å². The van der Waals surface area contributed by atoms with Crippen molar-refractivity contribution in [3.8, 4) is 0 Å². The predicted molar refractivity (Wildman–Crippen MR) is 66.2 cm³/mol. The van der Waals surface area contributed by atoms with E-state index in [-0.39, 0.29) is 0 Å². The molecule has 0 aliphatic heterocycles. The topological polar surface area (TPSA) is 86.6 Å². The van der Waals surface area contributed by atoms with Crippen LogP contribution in [-0.4, -0.2) is 34.2 Å². The van der Waals surface area contributed by atoms with E-state index in [9.17, 15) is 19.8 Å². The second-order valence-electron chi connectivity index (χ2n) is 4.41. The maximum atomic E-state index is 11.9. The van der Waals surface area contributed by atoms with E-state index < -0.39 is 29.9 Å². The van der Waals surface area contributed by atoms with Gasteiger partial charge in [0, 0.05) is 5.56 Å². The number of nitrogens with one attached hydrogen (secondary N) is 1. The van der Waals surface area contributed by atoms with Gasteiger partial charge in [-0.15, -0.1) is 0 Å². The minimum Gasteiger partial charge on any atom is -0.479 e. The molecule has 3 N–H and O–H groups in total. The lowest BCUT2D eigenvalue weighted by Crippen LogP contribution is -2.60. The van der Waals surface area contributed by atoms with Gasteiger partial charge >= 0.3 is 5.97 Å². The summed E-state index contributed by atoms with van der Waals surface area (Å²) >= 11 is 0. The summed E-state index contributed by atoms with van der Waals surface area (Å²) in [5.74, 6) is -2.20. The first-order valence-electron chi connectivity index (χ1n) is 5.66. The van der Waals surface area contributed by atoms with Crippen LogP contribution in [0.2, 0.25) is 0 Å². The van der Waals surface area contributed by atoms with Gasteiger partial charge in [0.1, 0.15) is 0 Å². The Morgan fingerprint density at radius 3 is 2.22 bits per heavy atom. The van der Waals surface area contributed by atoms with Gasteiger partial charge in [-0.1, -0.05) is 32.0 Å². The molecule has 0 spiro atoms. The lowest BCUT2D eigenvalue weighted by molar-refractivity contribution is -0.148. The number of carboxylic acid groups (broad SMARTS) is 1. The zero-order valence-corrected chi connectivity index (χ0v) is 10.4. The molecule has 0 saturated carbocycles. The molecule has 0 fully saturated rings. The van der Waals surface area contributed by atoms with Crippen LogP contribution in [-0.2, 0) is 4.79 Å². The molecule has 1 aromatic carbocycles. The summed E-state index contributed by atoms with van der Waals surface area (Å²) in [7, 11) is 0. The number of aliphatic hydroxyl groups is 1. The van der Waals surface area contributed by atoms with Gasteiger partial charge in [-0.2, -0.15) is 0 Å². The fraction of sp³-hybridized carbons (Fsp3) is 0.385. The maximum Gasteiger partial charge on any atom is 0.332 e. The summed E-state index contributed by atoms with van der Waals surface area (Å²) in [4.78, 5) is 23.2. The van der Waals surface area contributed by atoms with E-state index in [1.807, 2.05) is 0 Å². The van der Waals surface area contributed by atoms with E-state index in [2.05, 4.69) is 5.32 Å². The van der Waals surface area contributed by atoms with Gasteiger partial charge in [-0.3, -0.25) is 4.79 Å². The second-order valence-corrected chi connectivity index (χ2v) is 4.41. The summed E-state index contributed by atoms with van der Waals surface area (Å²) in [6.45, 7) is 2.61. The zero-order chi connectivity index (χ0) is 13.8. The highest BCUT2D eigenvalue weighted by atomic mass is 16.4. The summed E-state index contributed by atoms with van der Waals surface area (Å²) in [5.41, 5.74) is -1.30. The quantitative estimate of drug-likeness (QED) is 0.725. The van der Waals surface area contributed by atoms with Crippen molar-refractivity contribution in [1.82, 2.24) is 5.32 Å². The van der Waals surface area contributed by atoms with Gasteiger partial charge in [0.2, 0.25) is 0 Å². The Balaban J connectivity index is 2.99. The third-order valence-electron chi connectivity index (χ3n) is 2.99. The first-order chi connectivity index (χ1) is 8.44. The van der Waals surface area contributed by atoms with Crippen molar-refractivity contribution in [2.75, 3.05) is 6.61 Å². The number of benzene rings is 1. The van der Waals surface area contributed by atoms with E-state index in [1.54, 1.807) is 44.2 Å². The first-order valence-corrected chi connectivity index (χ1v) is 5.66. The fourth-order valence-corrected chi connectivity index (χ4v) is 1.60. The van der Waals surface area contributed by atoms with E-state index in [0.29, 0.717) is 5.56 Å². The van der Waals surface area contributed by atoms with Crippen LogP contribution in [0.25, 0.3) is 0 Å². The lowest BCUT2D eigenvalue weighted by atomic mass is 9.87. The van der Waals surface area contributed by atoms with Gasteiger partial charge in [0.25, 0.3) is 5.91 Å². The number of carboxylic acids is 1. The Morgan fingerprint density at radius 1 is 1.28 bits per heavy atom. The summed E-state index contributed by atoms with van der Waals surface area (Å²) < 4.78 is 0. The van der Waals surface area contributed by atoms with Crippen LogP contribution in [0.3, 0.4) is 0 Å². The molecule has 1 amide bonds. The molecule has 18 heavy (non-hydrogen) atoms. The molecule has 0 unspecified atom stereocenters. The first kappa shape index (κ1) is 14.2. The summed E-state index contributed by atoms with van der Waals surface area (Å²) in [6, 6.07) is 8.30. The molecule has 98 valence electrons. The molecule has 1 rings (SSSR count). The highest BCUT2D eigenvalue weighted by Crippen LogP contribution is 2.18. The molecule has 5 nitrogen and oxygen atoms in total. The molecular formula is C13H17NO4. The van der Waals surface area contributed by atoms with E-state index in [0.717, 1.165) is 0 Å². The van der Waals surface area contributed by atoms with Crippen molar-refractivity contribution in [2.24, 2.45) is 5.92 Å². The minimum atomic E-state index is -1.66. The minimum absolute atomic E-state index is 0.359. The van der Waals surface area contributed by atoms with Crippen LogP contribution in [0.1, 0.15) is 24.2 Å². The largest absolute Gasteiger partial charge is 0.479 e. The monoisotopic (exact) mass is 251 g/mol. The molecule has 0 aliphatic carbocycles. The molecule has 0 aliphatic rings. The number of aliphatic carboxylic acids is 1. The zero-order valence-electron chi connectivity index (χ0n) is 10.4. The Kier molecular flexibility index (Phi) is 4.44. The van der Waals surface area contributed by atoms with Crippen molar-refractivity contribution < 1.29 is 19.8 Å². The average molecular weight is 251 g/mol. The number of aliphatic hydroxyl groups excluding tert-OH is 1. The van der Waals surface area contributed by atoms with E-state index >= 15 is 0 Å². The number of carbonyl (C=O) groups is 2. The van der Waals surface area contributed by atoms with Gasteiger partial charge in [0.15, 0.2) is 5.54 Å². The SMILES string of the molecule is CC(C)[C@@](CO)(NC(=O)c1ccccc1)C(=O)O. The fourth-order valence-electron chi connectivity index (χ4n) is 1.60. The Morgan fingerprint density at radius 2 is 1.83 bits per heavy atom. The van der Waals surface area contributed by atoms with Crippen molar-refractivity contribution in [2.45, 2.75) is 19.4 Å². The highest BCUT2D eigenvalue weighted by molar-refractivity contribution is 5.98. The molecule has 0 heterocycles. The lowest BCUT2D eigenvalue weighted by Gasteiger charge is -2.32. The van der Waals surface area contributed by atoms with Crippen molar-refractivity contribution in [3.63, 3.8) is 0 Å². The van der Waals surface area contributed by atoms with Crippen LogP contribution in [0.5, 0.6) is 0 Å². The van der Waals surface area contributed by atoms with Crippen LogP contribution in [0.4, 0.5) is 0 Å². The van der Waals surface area contributed by atoms with Gasteiger partial charge in [0.05, 0.1) is 6.61 Å². The van der Waals surface area contributed by atoms with Gasteiger partial charge < -0.3 is 15.5 Å². The van der Waals surface area contributed by atoms with Crippen molar-refractivity contribution in [3.05, 3.63) is 35.9 Å². The second kappa shape index (κ2) is 5.64. The molecule has 1 aromatic rings. The van der Waals surface area contributed by atoms with Gasteiger partial charge in [-0.25, -0.2) is 4.79 Å². The number of hydrogen-bond acceptors (Lipinski definition) is 3.